The number of hydrogen-bond acceptors (Lipinski definition) is 2. The van der Waals surface area contributed by atoms with Crippen molar-refractivity contribution in [1.29, 1.82) is 0 Å². The van der Waals surface area contributed by atoms with E-state index in [9.17, 15) is 0 Å². The lowest BCUT2D eigenvalue weighted by Crippen LogP contribution is -2.26. The van der Waals surface area contributed by atoms with E-state index in [1.807, 2.05) is 0 Å². The molecule has 204 valence electrons. The fourth-order valence-corrected chi connectivity index (χ4v) is 21.7. The average Bonchev–Trinajstić information content (AvgIpc) is 2.88. The second kappa shape index (κ2) is 18.4. The summed E-state index contributed by atoms with van der Waals surface area (Å²) >= 11 is 0. The molecule has 2 atom stereocenters. The van der Waals surface area contributed by atoms with Gasteiger partial charge < -0.3 is 9.13 Å². The summed E-state index contributed by atoms with van der Waals surface area (Å²) in [6.45, 7) is 13.4. The van der Waals surface area contributed by atoms with Crippen molar-refractivity contribution in [3.05, 3.63) is 30.3 Å². The molecule has 0 heterocycles. The quantitative estimate of drug-likeness (QED) is 0.145. The van der Waals surface area contributed by atoms with E-state index in [1.54, 1.807) is 0 Å². The number of unbranched alkanes of at least 4 members (excludes halogenated alkanes) is 4. The topological polar surface area (TPSA) is 34.1 Å². The van der Waals surface area contributed by atoms with Crippen LogP contribution in [0.4, 0.5) is 0 Å². The minimum atomic E-state index is -2.39. The molecule has 0 spiro atoms. The Hall–Kier alpha value is 0.110. The Morgan fingerprint density at radius 2 is 0.914 bits per heavy atom. The van der Waals surface area contributed by atoms with Crippen molar-refractivity contribution >= 4 is 27.5 Å². The first-order valence-corrected chi connectivity index (χ1v) is 20.6. The summed E-state index contributed by atoms with van der Waals surface area (Å²) in [5.41, 5.74) is 0. The molecule has 0 aliphatic carbocycles. The summed E-state index contributed by atoms with van der Waals surface area (Å²) in [6.07, 6.45) is 16.3. The van der Waals surface area contributed by atoms with Crippen LogP contribution < -0.4 is 5.30 Å². The molecule has 0 N–H and O–H groups in total. The first-order chi connectivity index (χ1) is 16.9. The smallest absolute Gasteiger partial charge is 0.0950 e. The van der Waals surface area contributed by atoms with Crippen molar-refractivity contribution in [2.45, 2.75) is 129 Å². The minimum Gasteiger partial charge on any atom is -0.323 e. The molecule has 1 aromatic carbocycles. The summed E-state index contributed by atoms with van der Waals surface area (Å²) < 4.78 is 30.1. The fourth-order valence-electron chi connectivity index (χ4n) is 5.38. The van der Waals surface area contributed by atoms with Crippen molar-refractivity contribution in [3.8, 4) is 0 Å². The van der Waals surface area contributed by atoms with Crippen LogP contribution >= 0.6 is 22.2 Å². The van der Waals surface area contributed by atoms with E-state index in [4.69, 9.17) is 0 Å². The predicted molar refractivity (Wildman–Crippen MR) is 165 cm³/mol. The number of rotatable bonds is 21. The number of hydrogen-bond donors (Lipinski definition) is 0. The van der Waals surface area contributed by atoms with Crippen molar-refractivity contribution in [3.63, 3.8) is 0 Å². The van der Waals surface area contributed by atoms with E-state index in [0.29, 0.717) is 0 Å². The lowest BCUT2D eigenvalue weighted by molar-refractivity contribution is 0.561. The molecule has 0 saturated heterocycles. The van der Waals surface area contributed by atoms with Gasteiger partial charge in [0.15, 0.2) is 0 Å². The van der Waals surface area contributed by atoms with Crippen LogP contribution in [0.15, 0.2) is 30.3 Å². The van der Waals surface area contributed by atoms with Crippen molar-refractivity contribution < 1.29 is 9.13 Å². The molecule has 0 aliphatic rings. The normalized spacial score (nSPS) is 15.1. The second-order valence-corrected chi connectivity index (χ2v) is 20.7. The molecule has 1 aromatic rings. The Labute approximate surface area is 220 Å². The van der Waals surface area contributed by atoms with Crippen LogP contribution in [0.25, 0.3) is 0 Å². The van der Waals surface area contributed by atoms with Gasteiger partial charge in [0.2, 0.25) is 0 Å². The van der Waals surface area contributed by atoms with Gasteiger partial charge in [-0.25, -0.2) is 0 Å². The van der Waals surface area contributed by atoms with Crippen LogP contribution in [-0.4, -0.2) is 35.4 Å². The third-order valence-electron chi connectivity index (χ3n) is 7.44. The summed E-state index contributed by atoms with van der Waals surface area (Å²) in [6, 6.07) is 11.0. The van der Waals surface area contributed by atoms with Gasteiger partial charge in [-0.3, -0.25) is 0 Å². The zero-order valence-electron chi connectivity index (χ0n) is 24.0. The van der Waals surface area contributed by atoms with E-state index >= 15 is 9.13 Å². The van der Waals surface area contributed by atoms with Gasteiger partial charge in [0.1, 0.15) is 0 Å². The monoisotopic (exact) mass is 542 g/mol. The van der Waals surface area contributed by atoms with Crippen molar-refractivity contribution in [2.24, 2.45) is 0 Å². The lowest BCUT2D eigenvalue weighted by Gasteiger charge is -2.42. The van der Waals surface area contributed by atoms with Crippen molar-refractivity contribution in [1.82, 2.24) is 0 Å². The molecule has 0 amide bonds. The average molecular weight is 543 g/mol. The van der Waals surface area contributed by atoms with Gasteiger partial charge in [-0.1, -0.05) is 118 Å². The summed E-state index contributed by atoms with van der Waals surface area (Å²) in [4.78, 5) is 0. The first-order valence-electron chi connectivity index (χ1n) is 14.9. The predicted octanol–water partition coefficient (Wildman–Crippen LogP) is 11.0. The Bertz CT molecular complexity index is 681. The Kier molecular flexibility index (Phi) is 17.4. The molecule has 0 saturated carbocycles. The maximum absolute atomic E-state index is 15.0. The van der Waals surface area contributed by atoms with E-state index in [2.05, 4.69) is 71.9 Å². The standard InChI is InChI=1S/C30H57O2P3/c1-7-13-24-34(31,25-14-8-2)29(20-11-5)33(28-22-18-17-19-23-28)30(21-12-6)35(32,26-15-9-3)27-16-10-4/h17-19,22-23,29-30H,7-16,20-21,24-27H2,1-6H3. The molecular formula is C30H57O2P3. The number of benzene rings is 1. The highest BCUT2D eigenvalue weighted by Gasteiger charge is 2.46. The highest BCUT2D eigenvalue weighted by molar-refractivity contribution is 7.89. The lowest BCUT2D eigenvalue weighted by atomic mass is 10.4. The van der Waals surface area contributed by atoms with Crippen LogP contribution in [0, 0.1) is 0 Å². The van der Waals surface area contributed by atoms with E-state index < -0.39 is 22.2 Å². The largest absolute Gasteiger partial charge is 0.323 e. The van der Waals surface area contributed by atoms with E-state index in [1.165, 1.54) is 5.30 Å². The van der Waals surface area contributed by atoms with Crippen molar-refractivity contribution in [2.75, 3.05) is 24.6 Å². The highest BCUT2D eigenvalue weighted by atomic mass is 31.2. The van der Waals surface area contributed by atoms with Gasteiger partial charge in [-0.05, 0) is 43.8 Å². The third-order valence-corrected chi connectivity index (χ3v) is 21.1. The zero-order valence-corrected chi connectivity index (χ0v) is 26.7. The van der Waals surface area contributed by atoms with E-state index in [0.717, 1.165) is 102 Å². The van der Waals surface area contributed by atoms with Gasteiger partial charge in [0, 0.05) is 35.4 Å². The summed E-state index contributed by atoms with van der Waals surface area (Å²) in [5.74, 6) is 0. The van der Waals surface area contributed by atoms with E-state index in [-0.39, 0.29) is 10.8 Å². The summed E-state index contributed by atoms with van der Waals surface area (Å²) in [5, 5.41) is 1.80. The molecule has 0 aromatic heterocycles. The highest BCUT2D eigenvalue weighted by Crippen LogP contribution is 2.75. The van der Waals surface area contributed by atoms with Gasteiger partial charge in [0.25, 0.3) is 0 Å². The fraction of sp³-hybridized carbons (Fsp3) is 0.800. The Morgan fingerprint density at radius 3 is 1.20 bits per heavy atom. The molecule has 0 fully saturated rings. The molecule has 5 heteroatoms. The van der Waals surface area contributed by atoms with Crippen LogP contribution in [0.1, 0.15) is 119 Å². The molecule has 0 aliphatic heterocycles. The molecule has 1 rings (SSSR count). The van der Waals surface area contributed by atoms with Gasteiger partial charge in [0.05, 0.1) is 14.3 Å². The maximum Gasteiger partial charge on any atom is 0.0950 e. The zero-order chi connectivity index (χ0) is 26.2. The van der Waals surface area contributed by atoms with Gasteiger partial charge in [-0.2, -0.15) is 0 Å². The second-order valence-electron chi connectivity index (χ2n) is 10.5. The SMILES string of the molecule is CCCCP(=O)(CCCC)C(CCC)P(c1ccccc1)C(CCC)P(=O)(CCCC)CCCC. The maximum atomic E-state index is 15.0. The molecule has 0 bridgehead atoms. The third kappa shape index (κ3) is 10.4. The molecule has 2 unspecified atom stereocenters. The summed E-state index contributed by atoms with van der Waals surface area (Å²) in [7, 11) is -5.55. The molecule has 35 heavy (non-hydrogen) atoms. The Morgan fingerprint density at radius 1 is 0.571 bits per heavy atom. The van der Waals surface area contributed by atoms with Crippen LogP contribution in [0.3, 0.4) is 0 Å². The Balaban J connectivity index is 3.76. The van der Waals surface area contributed by atoms with Crippen LogP contribution in [0.2, 0.25) is 0 Å². The first kappa shape index (κ1) is 33.1. The van der Waals surface area contributed by atoms with Crippen LogP contribution in [0.5, 0.6) is 0 Å². The van der Waals surface area contributed by atoms with Gasteiger partial charge in [-0.15, -0.1) is 0 Å². The van der Waals surface area contributed by atoms with Gasteiger partial charge >= 0.3 is 0 Å². The molecule has 2 nitrogen and oxygen atoms in total. The van der Waals surface area contributed by atoms with Crippen LogP contribution in [-0.2, 0) is 9.13 Å². The minimum absolute atomic E-state index is 0.219. The molecule has 0 radical (unpaired) electrons. The molecular weight excluding hydrogens is 485 g/mol.